The maximum absolute atomic E-state index is 12.8. The van der Waals surface area contributed by atoms with Crippen molar-refractivity contribution in [2.45, 2.75) is 84.5 Å². The molecule has 0 aromatic carbocycles. The molecule has 2 rings (SSSR count). The maximum atomic E-state index is 12.8. The Kier molecular flexibility index (Phi) is 7.80. The third-order valence-electron chi connectivity index (χ3n) is 5.40. The van der Waals surface area contributed by atoms with E-state index in [0.717, 1.165) is 12.8 Å². The first-order chi connectivity index (χ1) is 11.7. The van der Waals surface area contributed by atoms with Crippen molar-refractivity contribution in [2.75, 3.05) is 6.61 Å². The van der Waals surface area contributed by atoms with E-state index in [1.54, 1.807) is 0 Å². The molecular weight excluding hydrogens is 302 g/mol. The van der Waals surface area contributed by atoms with Gasteiger partial charge >= 0.3 is 0 Å². The molecule has 0 saturated heterocycles. The quantitative estimate of drug-likeness (QED) is 0.388. The molecule has 1 saturated carbocycles. The SMILES string of the molecule is CCCC/C(=N\OCC)C1=C(O)CC(C2CCCCCC2)CC1=O. The van der Waals surface area contributed by atoms with Crippen LogP contribution in [0.15, 0.2) is 16.5 Å². The molecule has 0 spiro atoms. The molecule has 4 heteroatoms. The molecule has 0 amide bonds. The Morgan fingerprint density at radius 3 is 2.42 bits per heavy atom. The first-order valence-corrected chi connectivity index (χ1v) is 9.81. The molecule has 0 aromatic heterocycles. The van der Waals surface area contributed by atoms with Gasteiger partial charge in [-0.3, -0.25) is 4.79 Å². The Morgan fingerprint density at radius 1 is 1.12 bits per heavy atom. The number of carbonyl (C=O) groups is 1. The molecule has 1 fully saturated rings. The molecule has 136 valence electrons. The maximum Gasteiger partial charge on any atom is 0.168 e. The molecular formula is C20H33NO3. The van der Waals surface area contributed by atoms with E-state index in [0.29, 0.717) is 49.0 Å². The van der Waals surface area contributed by atoms with Crippen LogP contribution in [0.1, 0.15) is 84.5 Å². The first-order valence-electron chi connectivity index (χ1n) is 9.81. The molecule has 4 nitrogen and oxygen atoms in total. The van der Waals surface area contributed by atoms with Crippen LogP contribution in [0.3, 0.4) is 0 Å². The number of aliphatic hydroxyl groups excluding tert-OH is 1. The number of hydrogen-bond acceptors (Lipinski definition) is 4. The van der Waals surface area contributed by atoms with Crippen molar-refractivity contribution in [3.8, 4) is 0 Å². The van der Waals surface area contributed by atoms with Gasteiger partial charge in [-0.25, -0.2) is 0 Å². The summed E-state index contributed by atoms with van der Waals surface area (Å²) in [5.41, 5.74) is 1.09. The zero-order valence-corrected chi connectivity index (χ0v) is 15.4. The van der Waals surface area contributed by atoms with E-state index in [9.17, 15) is 9.90 Å². The minimum absolute atomic E-state index is 0.0579. The van der Waals surface area contributed by atoms with Gasteiger partial charge in [-0.1, -0.05) is 57.0 Å². The lowest BCUT2D eigenvalue weighted by molar-refractivity contribution is -0.117. The van der Waals surface area contributed by atoms with Crippen molar-refractivity contribution in [1.29, 1.82) is 0 Å². The smallest absolute Gasteiger partial charge is 0.168 e. The topological polar surface area (TPSA) is 58.9 Å². The van der Waals surface area contributed by atoms with Gasteiger partial charge in [0.15, 0.2) is 5.78 Å². The second-order valence-electron chi connectivity index (χ2n) is 7.22. The highest BCUT2D eigenvalue weighted by atomic mass is 16.6. The van der Waals surface area contributed by atoms with Crippen LogP contribution in [0, 0.1) is 11.8 Å². The van der Waals surface area contributed by atoms with E-state index >= 15 is 0 Å². The summed E-state index contributed by atoms with van der Waals surface area (Å²) in [5.74, 6) is 1.19. The molecule has 0 aliphatic heterocycles. The Bertz CT molecular complexity index is 473. The molecule has 0 radical (unpaired) electrons. The van der Waals surface area contributed by atoms with Crippen molar-refractivity contribution in [1.82, 2.24) is 0 Å². The summed E-state index contributed by atoms with van der Waals surface area (Å²) in [6, 6.07) is 0. The van der Waals surface area contributed by atoms with Gasteiger partial charge in [0.2, 0.25) is 0 Å². The lowest BCUT2D eigenvalue weighted by atomic mass is 9.75. The number of oxime groups is 1. The fourth-order valence-corrected chi connectivity index (χ4v) is 4.07. The zero-order chi connectivity index (χ0) is 17.4. The Labute approximate surface area is 146 Å². The van der Waals surface area contributed by atoms with Crippen LogP contribution < -0.4 is 0 Å². The summed E-state index contributed by atoms with van der Waals surface area (Å²) >= 11 is 0. The number of carbonyl (C=O) groups excluding carboxylic acids is 1. The Morgan fingerprint density at radius 2 is 1.83 bits per heavy atom. The summed E-state index contributed by atoms with van der Waals surface area (Å²) in [6.45, 7) is 4.46. The minimum atomic E-state index is 0.0579. The van der Waals surface area contributed by atoms with Crippen LogP contribution in [0.2, 0.25) is 0 Å². The van der Waals surface area contributed by atoms with Gasteiger partial charge in [0, 0.05) is 12.8 Å². The van der Waals surface area contributed by atoms with Crippen LogP contribution in [0.4, 0.5) is 0 Å². The monoisotopic (exact) mass is 335 g/mol. The number of rotatable bonds is 7. The molecule has 24 heavy (non-hydrogen) atoms. The summed E-state index contributed by atoms with van der Waals surface area (Å²) in [5, 5.41) is 14.7. The number of aliphatic hydroxyl groups is 1. The molecule has 0 heterocycles. The Balaban J connectivity index is 2.14. The van der Waals surface area contributed by atoms with Gasteiger partial charge in [0.1, 0.15) is 12.4 Å². The summed E-state index contributed by atoms with van der Waals surface area (Å²) in [4.78, 5) is 17.9. The fourth-order valence-electron chi connectivity index (χ4n) is 4.07. The molecule has 2 aliphatic carbocycles. The van der Waals surface area contributed by atoms with Crippen LogP contribution in [-0.2, 0) is 9.63 Å². The number of Topliss-reactive ketones (excluding diaryl/α,β-unsaturated/α-hetero) is 1. The normalized spacial score (nSPS) is 24.2. The van der Waals surface area contributed by atoms with Crippen molar-refractivity contribution >= 4 is 11.5 Å². The van der Waals surface area contributed by atoms with Gasteiger partial charge in [0.25, 0.3) is 0 Å². The van der Waals surface area contributed by atoms with Gasteiger partial charge in [-0.15, -0.1) is 0 Å². The predicted octanol–water partition coefficient (Wildman–Crippen LogP) is 5.33. The summed E-state index contributed by atoms with van der Waals surface area (Å²) in [6.07, 6.45) is 11.4. The van der Waals surface area contributed by atoms with E-state index in [2.05, 4.69) is 12.1 Å². The second-order valence-corrected chi connectivity index (χ2v) is 7.22. The van der Waals surface area contributed by atoms with Crippen LogP contribution in [0.25, 0.3) is 0 Å². The van der Waals surface area contributed by atoms with Crippen LogP contribution in [-0.4, -0.2) is 23.2 Å². The highest BCUT2D eigenvalue weighted by Gasteiger charge is 2.34. The third-order valence-corrected chi connectivity index (χ3v) is 5.40. The Hall–Kier alpha value is -1.32. The highest BCUT2D eigenvalue weighted by Crippen LogP contribution is 2.38. The van der Waals surface area contributed by atoms with Crippen molar-refractivity contribution < 1.29 is 14.7 Å². The lowest BCUT2D eigenvalue weighted by Gasteiger charge is -2.30. The standard InChI is InChI=1S/C20H33NO3/c1-3-5-12-17(21-24-4-2)20-18(22)13-16(14-19(20)23)15-10-8-6-7-9-11-15/h15-16,22H,3-14H2,1-2H3/b21-17+. The van der Waals surface area contributed by atoms with E-state index in [4.69, 9.17) is 4.84 Å². The van der Waals surface area contributed by atoms with Crippen LogP contribution >= 0.6 is 0 Å². The lowest BCUT2D eigenvalue weighted by Crippen LogP contribution is -2.28. The number of hydrogen-bond donors (Lipinski definition) is 1. The average molecular weight is 335 g/mol. The van der Waals surface area contributed by atoms with Gasteiger partial charge in [-0.05, 0) is 31.6 Å². The number of nitrogens with zero attached hydrogens (tertiary/aromatic N) is 1. The molecule has 1 unspecified atom stereocenters. The number of ketones is 1. The second kappa shape index (κ2) is 9.85. The average Bonchev–Trinajstić information content (AvgIpc) is 2.85. The largest absolute Gasteiger partial charge is 0.511 e. The van der Waals surface area contributed by atoms with Crippen molar-refractivity contribution in [2.24, 2.45) is 17.0 Å². The first kappa shape index (κ1) is 19.0. The molecule has 2 aliphatic rings. The van der Waals surface area contributed by atoms with E-state index in [1.807, 2.05) is 6.92 Å². The summed E-state index contributed by atoms with van der Waals surface area (Å²) in [7, 11) is 0. The minimum Gasteiger partial charge on any atom is -0.511 e. The highest BCUT2D eigenvalue weighted by molar-refractivity contribution is 6.23. The zero-order valence-electron chi connectivity index (χ0n) is 15.4. The van der Waals surface area contributed by atoms with E-state index in [1.165, 1.54) is 38.5 Å². The molecule has 0 bridgehead atoms. The van der Waals surface area contributed by atoms with E-state index in [-0.39, 0.29) is 11.5 Å². The van der Waals surface area contributed by atoms with Crippen LogP contribution in [0.5, 0.6) is 0 Å². The predicted molar refractivity (Wildman–Crippen MR) is 97.2 cm³/mol. The molecule has 0 aromatic rings. The van der Waals surface area contributed by atoms with Gasteiger partial charge < -0.3 is 9.94 Å². The fraction of sp³-hybridized carbons (Fsp3) is 0.800. The van der Waals surface area contributed by atoms with Crippen molar-refractivity contribution in [3.63, 3.8) is 0 Å². The van der Waals surface area contributed by atoms with Gasteiger partial charge in [0.05, 0.1) is 11.3 Å². The van der Waals surface area contributed by atoms with E-state index < -0.39 is 0 Å². The molecule has 1 atom stereocenters. The number of allylic oxidation sites excluding steroid dienone is 2. The van der Waals surface area contributed by atoms with Crippen molar-refractivity contribution in [3.05, 3.63) is 11.3 Å². The number of unbranched alkanes of at least 4 members (excludes halogenated alkanes) is 1. The van der Waals surface area contributed by atoms with Gasteiger partial charge in [-0.2, -0.15) is 0 Å². The summed E-state index contributed by atoms with van der Waals surface area (Å²) < 4.78 is 0. The third kappa shape index (κ3) is 5.09. The molecule has 1 N–H and O–H groups in total.